The highest BCUT2D eigenvalue weighted by Crippen LogP contribution is 2.29. The highest BCUT2D eigenvalue weighted by atomic mass is 32.2. The molecule has 2 aromatic rings. The Bertz CT molecular complexity index is 584. The Morgan fingerprint density at radius 3 is 3.14 bits per heavy atom. The third-order valence-corrected chi connectivity index (χ3v) is 5.22. The lowest BCUT2D eigenvalue weighted by Gasteiger charge is -2.30. The molecule has 0 saturated carbocycles. The van der Waals surface area contributed by atoms with Crippen LogP contribution < -0.4 is 0 Å². The first kappa shape index (κ1) is 15.0. The minimum absolute atomic E-state index is 0.334. The molecule has 3 rings (SSSR count). The molecule has 0 radical (unpaired) electrons. The van der Waals surface area contributed by atoms with E-state index >= 15 is 0 Å². The highest BCUT2D eigenvalue weighted by molar-refractivity contribution is 7.99. The first-order chi connectivity index (χ1) is 10.2. The number of rotatable bonds is 5. The van der Waals surface area contributed by atoms with Gasteiger partial charge in [0.15, 0.2) is 0 Å². The molecule has 1 aliphatic rings. The van der Waals surface area contributed by atoms with Crippen LogP contribution in [0, 0.1) is 6.92 Å². The van der Waals surface area contributed by atoms with Crippen molar-refractivity contribution in [2.45, 2.75) is 25.2 Å². The predicted octanol–water partition coefficient (Wildman–Crippen LogP) is 2.92. The summed E-state index contributed by atoms with van der Waals surface area (Å²) >= 11 is 3.26. The van der Waals surface area contributed by atoms with Crippen LogP contribution in [0.4, 0.5) is 0 Å². The average molecular weight is 325 g/mol. The van der Waals surface area contributed by atoms with Crippen molar-refractivity contribution >= 4 is 23.1 Å². The largest absolute Gasteiger partial charge is 0.410 e. The minimum atomic E-state index is 0.334. The van der Waals surface area contributed by atoms with Gasteiger partial charge in [0.1, 0.15) is 0 Å². The van der Waals surface area contributed by atoms with Crippen LogP contribution >= 0.6 is 23.1 Å². The van der Waals surface area contributed by atoms with E-state index in [1.54, 1.807) is 23.1 Å². The fraction of sp³-hybridized carbons (Fsp3) is 0.571. The maximum absolute atomic E-state index is 5.73. The lowest BCUT2D eigenvalue weighted by atomic mass is 10.3. The standard InChI is InChI=1S/C14H19N3O2S2/c1-10-3-7-20-12(10)13-15-16-14(19-13)21-8-5-17-4-6-18-11(2)9-17/h3,7,11H,4-6,8-9H2,1-2H3/t11-/m0/s1. The zero-order valence-corrected chi connectivity index (χ0v) is 13.9. The van der Waals surface area contributed by atoms with Crippen LogP contribution in [-0.2, 0) is 4.74 Å². The normalized spacial score (nSPS) is 20.0. The molecule has 0 amide bonds. The lowest BCUT2D eigenvalue weighted by Crippen LogP contribution is -2.42. The Balaban J connectivity index is 1.50. The molecule has 0 unspecified atom stereocenters. The van der Waals surface area contributed by atoms with Gasteiger partial charge in [0.05, 0.1) is 17.6 Å². The van der Waals surface area contributed by atoms with Gasteiger partial charge < -0.3 is 9.15 Å². The maximum atomic E-state index is 5.73. The van der Waals surface area contributed by atoms with Crippen molar-refractivity contribution < 1.29 is 9.15 Å². The van der Waals surface area contributed by atoms with Gasteiger partial charge in [-0.3, -0.25) is 4.90 Å². The van der Waals surface area contributed by atoms with Gasteiger partial charge in [-0.1, -0.05) is 11.8 Å². The zero-order chi connectivity index (χ0) is 14.7. The molecule has 114 valence electrons. The van der Waals surface area contributed by atoms with Gasteiger partial charge >= 0.3 is 0 Å². The van der Waals surface area contributed by atoms with E-state index in [-0.39, 0.29) is 0 Å². The quantitative estimate of drug-likeness (QED) is 0.788. The highest BCUT2D eigenvalue weighted by Gasteiger charge is 2.17. The monoisotopic (exact) mass is 325 g/mol. The number of aromatic nitrogens is 2. The number of thiophene rings is 1. The van der Waals surface area contributed by atoms with Crippen molar-refractivity contribution in [3.8, 4) is 10.8 Å². The molecule has 7 heteroatoms. The zero-order valence-electron chi connectivity index (χ0n) is 12.2. The van der Waals surface area contributed by atoms with E-state index in [2.05, 4.69) is 35.0 Å². The molecule has 1 aliphatic heterocycles. The SMILES string of the molecule is Cc1ccsc1-c1nnc(SCCN2CCO[C@@H](C)C2)o1. The van der Waals surface area contributed by atoms with Crippen LogP contribution in [0.1, 0.15) is 12.5 Å². The van der Waals surface area contributed by atoms with Crippen molar-refractivity contribution in [2.24, 2.45) is 0 Å². The molecule has 1 atom stereocenters. The summed E-state index contributed by atoms with van der Waals surface area (Å²) in [6.07, 6.45) is 0.334. The molecule has 0 aromatic carbocycles. The van der Waals surface area contributed by atoms with Crippen molar-refractivity contribution in [3.63, 3.8) is 0 Å². The fourth-order valence-corrected chi connectivity index (χ4v) is 3.91. The van der Waals surface area contributed by atoms with E-state index in [1.807, 2.05) is 5.38 Å². The van der Waals surface area contributed by atoms with E-state index in [9.17, 15) is 0 Å². The Morgan fingerprint density at radius 2 is 2.38 bits per heavy atom. The Kier molecular flexibility index (Phi) is 4.95. The van der Waals surface area contributed by atoms with E-state index in [0.717, 1.165) is 36.9 Å². The van der Waals surface area contributed by atoms with Crippen LogP contribution in [-0.4, -0.2) is 53.2 Å². The smallest absolute Gasteiger partial charge is 0.276 e. The molecule has 21 heavy (non-hydrogen) atoms. The lowest BCUT2D eigenvalue weighted by molar-refractivity contribution is -0.0158. The van der Waals surface area contributed by atoms with Crippen LogP contribution in [0.2, 0.25) is 0 Å². The molecule has 0 N–H and O–H groups in total. The molecule has 1 saturated heterocycles. The van der Waals surface area contributed by atoms with Gasteiger partial charge in [0.2, 0.25) is 0 Å². The van der Waals surface area contributed by atoms with Gasteiger partial charge in [0, 0.05) is 25.4 Å². The van der Waals surface area contributed by atoms with Gasteiger partial charge in [-0.05, 0) is 30.9 Å². The van der Waals surface area contributed by atoms with E-state index in [4.69, 9.17) is 9.15 Å². The number of aryl methyl sites for hydroxylation is 1. The molecule has 5 nitrogen and oxygen atoms in total. The van der Waals surface area contributed by atoms with Crippen molar-refractivity contribution in [1.29, 1.82) is 0 Å². The van der Waals surface area contributed by atoms with Crippen LogP contribution in [0.25, 0.3) is 10.8 Å². The fourth-order valence-electron chi connectivity index (χ4n) is 2.31. The van der Waals surface area contributed by atoms with E-state index in [0.29, 0.717) is 17.2 Å². The Morgan fingerprint density at radius 1 is 1.48 bits per heavy atom. The van der Waals surface area contributed by atoms with E-state index < -0.39 is 0 Å². The first-order valence-corrected chi connectivity index (χ1v) is 8.93. The maximum Gasteiger partial charge on any atom is 0.276 e. The summed E-state index contributed by atoms with van der Waals surface area (Å²) in [5.74, 6) is 1.59. The summed E-state index contributed by atoms with van der Waals surface area (Å²) in [6, 6.07) is 2.07. The second-order valence-corrected chi connectivity index (χ2v) is 7.10. The van der Waals surface area contributed by atoms with Gasteiger partial charge in [-0.15, -0.1) is 21.5 Å². The summed E-state index contributed by atoms with van der Waals surface area (Å²) in [5, 5.41) is 11.0. The Labute approximate surface area is 132 Å². The van der Waals surface area contributed by atoms with Gasteiger partial charge in [-0.25, -0.2) is 0 Å². The number of hydrogen-bond acceptors (Lipinski definition) is 7. The van der Waals surface area contributed by atoms with Crippen LogP contribution in [0.3, 0.4) is 0 Å². The minimum Gasteiger partial charge on any atom is -0.410 e. The second-order valence-electron chi connectivity index (χ2n) is 5.14. The number of morpholine rings is 1. The summed E-state index contributed by atoms with van der Waals surface area (Å²) in [6.45, 7) is 8.04. The molecular weight excluding hydrogens is 306 g/mol. The number of nitrogens with zero attached hydrogens (tertiary/aromatic N) is 3. The second kappa shape index (κ2) is 6.91. The molecule has 0 aliphatic carbocycles. The summed E-state index contributed by atoms with van der Waals surface area (Å²) in [7, 11) is 0. The van der Waals surface area contributed by atoms with Crippen LogP contribution in [0.5, 0.6) is 0 Å². The summed E-state index contributed by atoms with van der Waals surface area (Å²) in [4.78, 5) is 3.48. The third kappa shape index (κ3) is 3.85. The van der Waals surface area contributed by atoms with E-state index in [1.165, 1.54) is 5.56 Å². The summed E-state index contributed by atoms with van der Waals surface area (Å²) < 4.78 is 11.3. The molecule has 2 aromatic heterocycles. The summed E-state index contributed by atoms with van der Waals surface area (Å²) in [5.41, 5.74) is 1.18. The number of ether oxygens (including phenoxy) is 1. The van der Waals surface area contributed by atoms with Crippen molar-refractivity contribution in [2.75, 3.05) is 32.0 Å². The van der Waals surface area contributed by atoms with Gasteiger partial charge in [0.25, 0.3) is 11.1 Å². The van der Waals surface area contributed by atoms with Crippen molar-refractivity contribution in [3.05, 3.63) is 17.0 Å². The molecular formula is C14H19N3O2S2. The molecule has 0 bridgehead atoms. The molecule has 1 fully saturated rings. The molecule has 0 spiro atoms. The number of hydrogen-bond donors (Lipinski definition) is 0. The Hall–Kier alpha value is -0.890. The molecule has 3 heterocycles. The predicted molar refractivity (Wildman–Crippen MR) is 84.9 cm³/mol. The third-order valence-electron chi connectivity index (χ3n) is 3.42. The van der Waals surface area contributed by atoms with Gasteiger partial charge in [-0.2, -0.15) is 0 Å². The first-order valence-electron chi connectivity index (χ1n) is 7.07. The number of thioether (sulfide) groups is 1. The van der Waals surface area contributed by atoms with Crippen molar-refractivity contribution in [1.82, 2.24) is 15.1 Å². The topological polar surface area (TPSA) is 51.4 Å². The van der Waals surface area contributed by atoms with Crippen LogP contribution in [0.15, 0.2) is 21.1 Å². The average Bonchev–Trinajstić information content (AvgIpc) is 3.07.